The molecule has 0 spiro atoms. The number of nitrogens with zero attached hydrogens (tertiary/aromatic N) is 1. The standard InChI is InChI=1S/C17H38N2/c1-6-10-14-19(16(5)8-3)15-11-12-17(9-4)18-13-7-2/h16-18H,6-15H2,1-5H3. The van der Waals surface area contributed by atoms with Gasteiger partial charge >= 0.3 is 0 Å². The molecule has 0 aromatic heterocycles. The van der Waals surface area contributed by atoms with E-state index in [-0.39, 0.29) is 0 Å². The van der Waals surface area contributed by atoms with E-state index in [1.807, 2.05) is 0 Å². The van der Waals surface area contributed by atoms with Crippen LogP contribution in [-0.4, -0.2) is 36.6 Å². The molecule has 2 atom stereocenters. The maximum atomic E-state index is 3.66. The van der Waals surface area contributed by atoms with Crippen LogP contribution in [0.4, 0.5) is 0 Å². The molecule has 0 rings (SSSR count). The lowest BCUT2D eigenvalue weighted by molar-refractivity contribution is 0.194. The van der Waals surface area contributed by atoms with Gasteiger partial charge in [-0.1, -0.05) is 34.1 Å². The molecule has 19 heavy (non-hydrogen) atoms. The molecule has 0 aliphatic rings. The number of rotatable bonds is 13. The van der Waals surface area contributed by atoms with Gasteiger partial charge in [-0.25, -0.2) is 0 Å². The van der Waals surface area contributed by atoms with Gasteiger partial charge < -0.3 is 10.2 Å². The van der Waals surface area contributed by atoms with Crippen LogP contribution in [0.5, 0.6) is 0 Å². The van der Waals surface area contributed by atoms with E-state index >= 15 is 0 Å². The SMILES string of the molecule is CCCCN(CCCC(CC)NCCC)C(C)CC. The van der Waals surface area contributed by atoms with Crippen molar-refractivity contribution in [1.82, 2.24) is 10.2 Å². The fourth-order valence-electron chi connectivity index (χ4n) is 2.51. The van der Waals surface area contributed by atoms with E-state index in [0.717, 1.165) is 12.1 Å². The molecule has 116 valence electrons. The molecule has 0 bridgehead atoms. The Morgan fingerprint density at radius 3 is 2.11 bits per heavy atom. The Morgan fingerprint density at radius 2 is 1.58 bits per heavy atom. The number of nitrogens with one attached hydrogen (secondary N) is 1. The Morgan fingerprint density at radius 1 is 0.895 bits per heavy atom. The average Bonchev–Trinajstić information content (AvgIpc) is 2.45. The predicted molar refractivity (Wildman–Crippen MR) is 87.8 cm³/mol. The van der Waals surface area contributed by atoms with Gasteiger partial charge in [0, 0.05) is 12.1 Å². The molecule has 0 aliphatic carbocycles. The van der Waals surface area contributed by atoms with Gasteiger partial charge in [-0.05, 0) is 65.1 Å². The van der Waals surface area contributed by atoms with Crippen LogP contribution in [0.25, 0.3) is 0 Å². The van der Waals surface area contributed by atoms with Crippen LogP contribution in [0.1, 0.15) is 79.6 Å². The molecule has 0 aromatic rings. The topological polar surface area (TPSA) is 15.3 Å². The highest BCUT2D eigenvalue weighted by Crippen LogP contribution is 2.09. The van der Waals surface area contributed by atoms with Crippen molar-refractivity contribution < 1.29 is 0 Å². The van der Waals surface area contributed by atoms with Gasteiger partial charge in [-0.15, -0.1) is 0 Å². The lowest BCUT2D eigenvalue weighted by Crippen LogP contribution is -2.36. The Labute approximate surface area is 122 Å². The molecular weight excluding hydrogens is 232 g/mol. The molecule has 0 aromatic carbocycles. The van der Waals surface area contributed by atoms with Gasteiger partial charge in [0.15, 0.2) is 0 Å². The van der Waals surface area contributed by atoms with Crippen LogP contribution in [-0.2, 0) is 0 Å². The highest BCUT2D eigenvalue weighted by Gasteiger charge is 2.12. The van der Waals surface area contributed by atoms with Crippen LogP contribution < -0.4 is 5.32 Å². The molecule has 2 unspecified atom stereocenters. The summed E-state index contributed by atoms with van der Waals surface area (Å²) < 4.78 is 0. The smallest absolute Gasteiger partial charge is 0.00649 e. The van der Waals surface area contributed by atoms with Crippen molar-refractivity contribution >= 4 is 0 Å². The Hall–Kier alpha value is -0.0800. The van der Waals surface area contributed by atoms with E-state index in [1.54, 1.807) is 0 Å². The molecule has 0 saturated heterocycles. The molecular formula is C17H38N2. The first-order chi connectivity index (χ1) is 9.19. The molecule has 0 amide bonds. The Kier molecular flexibility index (Phi) is 12.9. The minimum atomic E-state index is 0.727. The van der Waals surface area contributed by atoms with Crippen molar-refractivity contribution in [2.45, 2.75) is 91.6 Å². The van der Waals surface area contributed by atoms with Crippen LogP contribution in [0.3, 0.4) is 0 Å². The van der Waals surface area contributed by atoms with Crippen molar-refractivity contribution in [3.05, 3.63) is 0 Å². The molecule has 1 N–H and O–H groups in total. The summed E-state index contributed by atoms with van der Waals surface area (Å²) in [6.45, 7) is 15.2. The van der Waals surface area contributed by atoms with Crippen molar-refractivity contribution in [2.24, 2.45) is 0 Å². The summed E-state index contributed by atoms with van der Waals surface area (Å²) in [6, 6.07) is 1.47. The minimum absolute atomic E-state index is 0.727. The third-order valence-electron chi connectivity index (χ3n) is 4.19. The number of hydrogen-bond acceptors (Lipinski definition) is 2. The first-order valence-electron chi connectivity index (χ1n) is 8.66. The lowest BCUT2D eigenvalue weighted by atomic mass is 10.1. The van der Waals surface area contributed by atoms with Crippen molar-refractivity contribution in [3.63, 3.8) is 0 Å². The number of unbranched alkanes of at least 4 members (excludes halogenated alkanes) is 1. The summed E-state index contributed by atoms with van der Waals surface area (Å²) in [4.78, 5) is 2.69. The van der Waals surface area contributed by atoms with Gasteiger partial charge in [0.25, 0.3) is 0 Å². The van der Waals surface area contributed by atoms with Crippen molar-refractivity contribution in [1.29, 1.82) is 0 Å². The summed E-state index contributed by atoms with van der Waals surface area (Å²) in [6.07, 6.45) is 9.09. The highest BCUT2D eigenvalue weighted by atomic mass is 15.1. The van der Waals surface area contributed by atoms with E-state index in [0.29, 0.717) is 0 Å². The molecule has 0 aliphatic heterocycles. The summed E-state index contributed by atoms with van der Waals surface area (Å²) >= 11 is 0. The first-order valence-corrected chi connectivity index (χ1v) is 8.66. The normalized spacial score (nSPS) is 14.8. The van der Waals surface area contributed by atoms with Gasteiger partial charge in [0.05, 0.1) is 0 Å². The predicted octanol–water partition coefficient (Wildman–Crippen LogP) is 4.45. The molecule has 0 heterocycles. The third-order valence-corrected chi connectivity index (χ3v) is 4.19. The molecule has 0 fully saturated rings. The molecule has 0 radical (unpaired) electrons. The van der Waals surface area contributed by atoms with Crippen LogP contribution in [0, 0.1) is 0 Å². The van der Waals surface area contributed by atoms with E-state index in [1.165, 1.54) is 64.6 Å². The quantitative estimate of drug-likeness (QED) is 0.532. The maximum absolute atomic E-state index is 3.66. The second-order valence-electron chi connectivity index (χ2n) is 5.85. The monoisotopic (exact) mass is 270 g/mol. The summed E-state index contributed by atoms with van der Waals surface area (Å²) in [7, 11) is 0. The zero-order valence-corrected chi connectivity index (χ0v) is 14.2. The zero-order chi connectivity index (χ0) is 14.5. The van der Waals surface area contributed by atoms with E-state index in [4.69, 9.17) is 0 Å². The van der Waals surface area contributed by atoms with Gasteiger partial charge in [-0.2, -0.15) is 0 Å². The van der Waals surface area contributed by atoms with Crippen molar-refractivity contribution in [2.75, 3.05) is 19.6 Å². The first kappa shape index (κ1) is 18.9. The third kappa shape index (κ3) is 9.45. The fourth-order valence-corrected chi connectivity index (χ4v) is 2.51. The fraction of sp³-hybridized carbons (Fsp3) is 1.00. The van der Waals surface area contributed by atoms with Crippen molar-refractivity contribution in [3.8, 4) is 0 Å². The van der Waals surface area contributed by atoms with E-state index < -0.39 is 0 Å². The molecule has 0 saturated carbocycles. The Bertz CT molecular complexity index is 182. The molecule has 2 heteroatoms. The second kappa shape index (κ2) is 12.9. The van der Waals surface area contributed by atoms with Gasteiger partial charge in [0.1, 0.15) is 0 Å². The lowest BCUT2D eigenvalue weighted by Gasteiger charge is -2.29. The van der Waals surface area contributed by atoms with Crippen LogP contribution >= 0.6 is 0 Å². The van der Waals surface area contributed by atoms with Crippen LogP contribution in [0.2, 0.25) is 0 Å². The summed E-state index contributed by atoms with van der Waals surface area (Å²) in [5.74, 6) is 0. The van der Waals surface area contributed by atoms with E-state index in [9.17, 15) is 0 Å². The number of hydrogen-bond donors (Lipinski definition) is 1. The maximum Gasteiger partial charge on any atom is 0.00649 e. The highest BCUT2D eigenvalue weighted by molar-refractivity contribution is 4.69. The van der Waals surface area contributed by atoms with Crippen LogP contribution in [0.15, 0.2) is 0 Å². The zero-order valence-electron chi connectivity index (χ0n) is 14.2. The van der Waals surface area contributed by atoms with E-state index in [2.05, 4.69) is 44.8 Å². The minimum Gasteiger partial charge on any atom is -0.314 e. The summed E-state index contributed by atoms with van der Waals surface area (Å²) in [5, 5.41) is 3.66. The van der Waals surface area contributed by atoms with Gasteiger partial charge in [0.2, 0.25) is 0 Å². The van der Waals surface area contributed by atoms with Gasteiger partial charge in [-0.3, -0.25) is 0 Å². The largest absolute Gasteiger partial charge is 0.314 e. The molecule has 2 nitrogen and oxygen atoms in total. The average molecular weight is 271 g/mol. The Balaban J connectivity index is 3.94. The second-order valence-corrected chi connectivity index (χ2v) is 5.85. The summed E-state index contributed by atoms with van der Waals surface area (Å²) in [5.41, 5.74) is 0.